The third-order valence-electron chi connectivity index (χ3n) is 5.08. The van der Waals surface area contributed by atoms with Gasteiger partial charge in [0.25, 0.3) is 0 Å². The fourth-order valence-corrected chi connectivity index (χ4v) is 3.32. The van der Waals surface area contributed by atoms with Crippen LogP contribution in [0.25, 0.3) is 0 Å². The van der Waals surface area contributed by atoms with Crippen LogP contribution in [0.4, 0.5) is 0 Å². The molecule has 0 amide bonds. The first-order chi connectivity index (χ1) is 14.2. The van der Waals surface area contributed by atoms with Gasteiger partial charge in [0.05, 0.1) is 6.10 Å². The fourth-order valence-electron chi connectivity index (χ4n) is 3.32. The van der Waals surface area contributed by atoms with Gasteiger partial charge in [-0.1, -0.05) is 6.92 Å². The van der Waals surface area contributed by atoms with Crippen LogP contribution in [-0.2, 0) is 38.1 Å². The number of carbonyl (C=O) groups is 4. The smallest absolute Gasteiger partial charge is 0.412 e. The zero-order valence-corrected chi connectivity index (χ0v) is 17.2. The van der Waals surface area contributed by atoms with Gasteiger partial charge >= 0.3 is 35.6 Å². The molecule has 0 aromatic heterocycles. The first kappa shape index (κ1) is 24.1. The molecule has 0 spiro atoms. The third-order valence-corrected chi connectivity index (χ3v) is 5.08. The molecule has 10 nitrogen and oxygen atoms in total. The second-order valence-electron chi connectivity index (χ2n) is 7.60. The molecule has 0 aromatic carbocycles. The first-order valence-electron chi connectivity index (χ1n) is 10.5. The second-order valence-corrected chi connectivity index (χ2v) is 7.60. The zero-order valence-electron chi connectivity index (χ0n) is 17.2. The van der Waals surface area contributed by atoms with Crippen molar-refractivity contribution >= 4 is 23.9 Å². The highest BCUT2D eigenvalue weighted by Gasteiger charge is 2.65. The summed E-state index contributed by atoms with van der Waals surface area (Å²) >= 11 is 0. The van der Waals surface area contributed by atoms with Crippen LogP contribution in [0.15, 0.2) is 0 Å². The maximum absolute atomic E-state index is 12.4. The average Bonchev–Trinajstić information content (AvgIpc) is 2.78. The average molecular weight is 430 g/mol. The molecule has 1 atom stereocenters. The summed E-state index contributed by atoms with van der Waals surface area (Å²) < 4.78 is 20.8. The topological polar surface area (TPSA) is 146 Å². The van der Waals surface area contributed by atoms with E-state index in [0.717, 1.165) is 0 Å². The van der Waals surface area contributed by atoms with Gasteiger partial charge in [-0.3, -0.25) is 19.2 Å². The summed E-state index contributed by atoms with van der Waals surface area (Å²) in [6.07, 6.45) is 0.826. The van der Waals surface area contributed by atoms with Crippen molar-refractivity contribution in [3.63, 3.8) is 0 Å². The largest absolute Gasteiger partial charge is 0.456 e. The number of hydrogen-bond acceptors (Lipinski definition) is 10. The van der Waals surface area contributed by atoms with E-state index in [0.29, 0.717) is 32.1 Å². The van der Waals surface area contributed by atoms with Crippen LogP contribution in [0.2, 0.25) is 0 Å². The van der Waals surface area contributed by atoms with Gasteiger partial charge < -0.3 is 29.2 Å². The van der Waals surface area contributed by atoms with Crippen molar-refractivity contribution in [1.29, 1.82) is 0 Å². The van der Waals surface area contributed by atoms with Crippen LogP contribution in [0.3, 0.4) is 0 Å². The van der Waals surface area contributed by atoms with E-state index in [9.17, 15) is 29.4 Å². The van der Waals surface area contributed by atoms with Crippen molar-refractivity contribution in [2.45, 2.75) is 102 Å². The number of rotatable bonds is 6. The molecule has 0 bridgehead atoms. The molecule has 10 heteroatoms. The Kier molecular flexibility index (Phi) is 8.60. The number of aliphatic hydroxyl groups is 2. The highest BCUT2D eigenvalue weighted by molar-refractivity contribution is 5.75. The molecule has 2 aliphatic rings. The first-order valence-corrected chi connectivity index (χ1v) is 10.5. The monoisotopic (exact) mass is 430 g/mol. The summed E-state index contributed by atoms with van der Waals surface area (Å²) in [5.41, 5.74) is 0. The third kappa shape index (κ3) is 6.40. The van der Waals surface area contributed by atoms with E-state index in [4.69, 9.17) is 18.9 Å². The van der Waals surface area contributed by atoms with E-state index in [1.807, 2.05) is 0 Å². The Morgan fingerprint density at radius 3 is 1.60 bits per heavy atom. The minimum atomic E-state index is -3.14. The van der Waals surface area contributed by atoms with E-state index >= 15 is 0 Å². The van der Waals surface area contributed by atoms with Crippen molar-refractivity contribution < 1.29 is 48.3 Å². The molecule has 0 saturated carbocycles. The van der Waals surface area contributed by atoms with Gasteiger partial charge in [-0.2, -0.15) is 0 Å². The molecule has 0 aliphatic carbocycles. The van der Waals surface area contributed by atoms with Gasteiger partial charge in [-0.05, 0) is 44.9 Å². The van der Waals surface area contributed by atoms with Crippen molar-refractivity contribution in [2.75, 3.05) is 0 Å². The quantitative estimate of drug-likeness (QED) is 0.596. The van der Waals surface area contributed by atoms with Gasteiger partial charge in [0, 0.05) is 32.1 Å². The SMILES string of the molecule is CCC(O)CCCC1(C2(O)OC(=O)CCCCC(=O)O2)OC(=O)CCCCC(=O)O1. The number of cyclic esters (lactones) is 4. The van der Waals surface area contributed by atoms with Gasteiger partial charge in [-0.25, -0.2) is 0 Å². The molecule has 0 radical (unpaired) electrons. The van der Waals surface area contributed by atoms with E-state index < -0.39 is 41.7 Å². The lowest BCUT2D eigenvalue weighted by atomic mass is 10.0. The Bertz CT molecular complexity index is 603. The number of esters is 4. The molecule has 170 valence electrons. The molecule has 2 aliphatic heterocycles. The lowest BCUT2D eigenvalue weighted by Crippen LogP contribution is -2.63. The predicted octanol–water partition coefficient (Wildman–Crippen LogP) is 1.59. The molecular weight excluding hydrogens is 400 g/mol. The van der Waals surface area contributed by atoms with Crippen LogP contribution < -0.4 is 0 Å². The molecule has 2 heterocycles. The van der Waals surface area contributed by atoms with Crippen molar-refractivity contribution in [3.05, 3.63) is 0 Å². The molecule has 2 saturated heterocycles. The molecule has 1 unspecified atom stereocenters. The van der Waals surface area contributed by atoms with E-state index in [1.54, 1.807) is 6.92 Å². The van der Waals surface area contributed by atoms with Crippen LogP contribution in [0.5, 0.6) is 0 Å². The van der Waals surface area contributed by atoms with Crippen LogP contribution in [0, 0.1) is 0 Å². The lowest BCUT2D eigenvalue weighted by molar-refractivity contribution is -0.443. The summed E-state index contributed by atoms with van der Waals surface area (Å²) in [6.45, 7) is 1.77. The summed E-state index contributed by atoms with van der Waals surface area (Å²) in [7, 11) is 0. The minimum Gasteiger partial charge on any atom is -0.412 e. The number of hydrogen-bond donors (Lipinski definition) is 2. The lowest BCUT2D eigenvalue weighted by Gasteiger charge is -2.41. The molecule has 2 N–H and O–H groups in total. The Morgan fingerprint density at radius 2 is 1.20 bits per heavy atom. The summed E-state index contributed by atoms with van der Waals surface area (Å²) in [6, 6.07) is 0. The molecular formula is C20H30O10. The van der Waals surface area contributed by atoms with E-state index in [1.165, 1.54) is 0 Å². The highest BCUT2D eigenvalue weighted by Crippen LogP contribution is 2.39. The maximum Gasteiger partial charge on any atom is 0.456 e. The number of ether oxygens (including phenoxy) is 4. The van der Waals surface area contributed by atoms with Gasteiger partial charge in [-0.15, -0.1) is 0 Å². The summed E-state index contributed by atoms with van der Waals surface area (Å²) in [5, 5.41) is 21.0. The number of aliphatic hydroxyl groups excluding tert-OH is 1. The van der Waals surface area contributed by atoms with Gasteiger partial charge in [0.2, 0.25) is 0 Å². The van der Waals surface area contributed by atoms with Crippen molar-refractivity contribution in [3.8, 4) is 0 Å². The predicted molar refractivity (Wildman–Crippen MR) is 99.1 cm³/mol. The minimum absolute atomic E-state index is 0.0616. The normalized spacial score (nSPS) is 23.7. The standard InChI is InChI=1S/C20H30O10/c1-2-14(21)8-7-13-19(27-15(22)9-3-4-10-16(23)28-19)20(26)29-17(24)11-5-6-12-18(25)30-20/h14,21,26H,2-13H2,1H3. The van der Waals surface area contributed by atoms with Crippen molar-refractivity contribution in [2.24, 2.45) is 0 Å². The van der Waals surface area contributed by atoms with Gasteiger partial charge in [0.1, 0.15) is 0 Å². The Balaban J connectivity index is 2.45. The Morgan fingerprint density at radius 1 is 0.800 bits per heavy atom. The van der Waals surface area contributed by atoms with Crippen LogP contribution in [-0.4, -0.2) is 52.0 Å². The summed E-state index contributed by atoms with van der Waals surface area (Å²) in [5.74, 6) is -9.12. The fraction of sp³-hybridized carbons (Fsp3) is 0.800. The van der Waals surface area contributed by atoms with E-state index in [-0.39, 0.29) is 44.9 Å². The highest BCUT2D eigenvalue weighted by atomic mass is 16.9. The molecule has 0 aromatic rings. The van der Waals surface area contributed by atoms with Crippen molar-refractivity contribution in [1.82, 2.24) is 0 Å². The molecule has 30 heavy (non-hydrogen) atoms. The second kappa shape index (κ2) is 10.7. The summed E-state index contributed by atoms with van der Waals surface area (Å²) in [4.78, 5) is 49.2. The van der Waals surface area contributed by atoms with Gasteiger partial charge in [0.15, 0.2) is 0 Å². The number of carbonyl (C=O) groups excluding carboxylic acids is 4. The molecule has 2 fully saturated rings. The van der Waals surface area contributed by atoms with E-state index in [2.05, 4.69) is 0 Å². The Labute approximate surface area is 174 Å². The Hall–Kier alpha value is -2.20. The maximum atomic E-state index is 12.4. The van der Waals surface area contributed by atoms with Crippen LogP contribution in [0.1, 0.15) is 84.0 Å². The van der Waals surface area contributed by atoms with Crippen LogP contribution >= 0.6 is 0 Å². The molecule has 2 rings (SSSR count). The zero-order chi connectivity index (χ0) is 22.2.